The Kier molecular flexibility index (Phi) is 5.80. The van der Waals surface area contributed by atoms with Crippen LogP contribution in [0.1, 0.15) is 10.4 Å². The summed E-state index contributed by atoms with van der Waals surface area (Å²) in [7, 11) is 0. The molecule has 13 heteroatoms. The molecule has 0 amide bonds. The van der Waals surface area contributed by atoms with Crippen LogP contribution in [-0.2, 0) is 0 Å². The molecule has 10 nitrogen and oxygen atoms in total. The van der Waals surface area contributed by atoms with Gasteiger partial charge in [0, 0.05) is 28.1 Å². The SMILES string of the molecule is O=C(O)c1ccc(OC(F)F)c2oc3c(=O)n(-c4ccc([N+](=O)[O-])cc4)nc(-c4ccc(Cl)cc4)c3c12. The summed E-state index contributed by atoms with van der Waals surface area (Å²) in [6.07, 6.45) is 0. The van der Waals surface area contributed by atoms with Crippen LogP contribution in [0.5, 0.6) is 5.75 Å². The minimum absolute atomic E-state index is 0.0439. The number of carbonyl (C=O) groups is 1. The maximum absolute atomic E-state index is 13.5. The van der Waals surface area contributed by atoms with Crippen LogP contribution in [0.3, 0.4) is 0 Å². The molecule has 0 spiro atoms. The Labute approximate surface area is 209 Å². The Bertz CT molecular complexity index is 1760. The lowest BCUT2D eigenvalue weighted by Crippen LogP contribution is -2.21. The van der Waals surface area contributed by atoms with Crippen LogP contribution in [0.4, 0.5) is 14.5 Å². The lowest BCUT2D eigenvalue weighted by atomic mass is 10.0. The fraction of sp³-hybridized carbons (Fsp3) is 0.0417. The standard InChI is InChI=1S/C24H12ClF2N3O7/c25-12-3-1-11(2-4-12)19-18-17-15(23(32)33)9-10-16(36-24(26)27)20(17)37-21(18)22(31)29(28-19)13-5-7-14(8-6-13)30(34)35/h1-10,24H,(H,32,33). The van der Waals surface area contributed by atoms with Crippen molar-refractivity contribution >= 4 is 45.2 Å². The highest BCUT2D eigenvalue weighted by molar-refractivity contribution is 6.30. The first-order chi connectivity index (χ1) is 17.7. The summed E-state index contributed by atoms with van der Waals surface area (Å²) < 4.78 is 37.3. The van der Waals surface area contributed by atoms with E-state index in [4.69, 9.17) is 16.0 Å². The van der Waals surface area contributed by atoms with Crippen molar-refractivity contribution in [2.75, 3.05) is 0 Å². The zero-order chi connectivity index (χ0) is 26.4. The number of fused-ring (bicyclic) bond motifs is 3. The van der Waals surface area contributed by atoms with Crippen molar-refractivity contribution in [1.82, 2.24) is 9.78 Å². The second-order valence-electron chi connectivity index (χ2n) is 7.65. The van der Waals surface area contributed by atoms with E-state index in [0.29, 0.717) is 10.6 Å². The number of nitro groups is 1. The third-order valence-electron chi connectivity index (χ3n) is 5.50. The quantitative estimate of drug-likeness (QED) is 0.220. The number of halogens is 3. The minimum atomic E-state index is -3.25. The molecule has 0 saturated carbocycles. The van der Waals surface area contributed by atoms with Gasteiger partial charge in [-0.3, -0.25) is 14.9 Å². The molecule has 2 heterocycles. The van der Waals surface area contributed by atoms with E-state index in [9.17, 15) is 33.6 Å². The number of ether oxygens (including phenoxy) is 1. The molecular weight excluding hydrogens is 516 g/mol. The number of benzene rings is 3. The maximum atomic E-state index is 13.5. The molecule has 2 aromatic heterocycles. The number of nitrogens with zero attached hydrogens (tertiary/aromatic N) is 3. The molecule has 1 N–H and O–H groups in total. The normalized spacial score (nSPS) is 11.4. The maximum Gasteiger partial charge on any atom is 0.387 e. The van der Waals surface area contributed by atoms with Gasteiger partial charge in [0.15, 0.2) is 11.3 Å². The lowest BCUT2D eigenvalue weighted by Gasteiger charge is -2.10. The molecule has 0 atom stereocenters. The van der Waals surface area contributed by atoms with Crippen molar-refractivity contribution in [2.45, 2.75) is 6.61 Å². The van der Waals surface area contributed by atoms with E-state index < -0.39 is 28.8 Å². The van der Waals surface area contributed by atoms with Gasteiger partial charge in [0.05, 0.1) is 21.6 Å². The van der Waals surface area contributed by atoms with E-state index >= 15 is 0 Å². The monoisotopic (exact) mass is 527 g/mol. The molecule has 3 aromatic carbocycles. The minimum Gasteiger partial charge on any atom is -0.478 e. The summed E-state index contributed by atoms with van der Waals surface area (Å²) in [5, 5.41) is 25.4. The van der Waals surface area contributed by atoms with Gasteiger partial charge in [-0.1, -0.05) is 23.7 Å². The molecule has 5 aromatic rings. The number of non-ortho nitro benzene ring substituents is 1. The summed E-state index contributed by atoms with van der Waals surface area (Å²) in [5.41, 5.74) is -1.59. The van der Waals surface area contributed by atoms with Crippen molar-refractivity contribution in [3.8, 4) is 22.7 Å². The number of rotatable bonds is 6. The van der Waals surface area contributed by atoms with Gasteiger partial charge >= 0.3 is 18.1 Å². The van der Waals surface area contributed by atoms with Gasteiger partial charge in [-0.25, -0.2) is 4.79 Å². The third-order valence-corrected chi connectivity index (χ3v) is 5.75. The summed E-state index contributed by atoms with van der Waals surface area (Å²) in [4.78, 5) is 35.9. The highest BCUT2D eigenvalue weighted by Crippen LogP contribution is 2.40. The van der Waals surface area contributed by atoms with Gasteiger partial charge in [0.1, 0.15) is 5.69 Å². The van der Waals surface area contributed by atoms with Gasteiger partial charge in [-0.15, -0.1) is 0 Å². The van der Waals surface area contributed by atoms with Crippen LogP contribution < -0.4 is 10.3 Å². The second-order valence-corrected chi connectivity index (χ2v) is 8.09. The first-order valence-electron chi connectivity index (χ1n) is 10.4. The second kappa shape index (κ2) is 8.99. The average Bonchev–Trinajstić information content (AvgIpc) is 3.27. The summed E-state index contributed by atoms with van der Waals surface area (Å²) in [6.45, 7) is -3.25. The van der Waals surface area contributed by atoms with Crippen molar-refractivity contribution in [3.63, 3.8) is 0 Å². The van der Waals surface area contributed by atoms with Gasteiger partial charge in [0.25, 0.3) is 5.69 Å². The Morgan fingerprint density at radius 1 is 1.05 bits per heavy atom. The molecule has 0 fully saturated rings. The molecular formula is C24H12ClF2N3O7. The third kappa shape index (κ3) is 4.12. The average molecular weight is 528 g/mol. The number of carboxylic acids is 1. The molecule has 5 rings (SSSR count). The van der Waals surface area contributed by atoms with Gasteiger partial charge in [-0.05, 0) is 36.4 Å². The van der Waals surface area contributed by atoms with Crippen LogP contribution in [0.15, 0.2) is 69.9 Å². The zero-order valence-corrected chi connectivity index (χ0v) is 19.0. The number of aromatic carboxylic acids is 1. The first kappa shape index (κ1) is 23.9. The fourth-order valence-electron chi connectivity index (χ4n) is 3.92. The Hall–Kier alpha value is -4.84. The van der Waals surface area contributed by atoms with Gasteiger partial charge in [0.2, 0.25) is 5.58 Å². The van der Waals surface area contributed by atoms with Crippen molar-refractivity contribution in [3.05, 3.63) is 91.7 Å². The number of carboxylic acid groups (broad SMARTS) is 1. The van der Waals surface area contributed by atoms with Gasteiger partial charge in [-0.2, -0.15) is 18.6 Å². The topological polar surface area (TPSA) is 138 Å². The van der Waals surface area contributed by atoms with Crippen LogP contribution in [0.25, 0.3) is 38.9 Å². The van der Waals surface area contributed by atoms with Crippen molar-refractivity contribution < 1.29 is 32.8 Å². The van der Waals surface area contributed by atoms with Crippen LogP contribution in [0.2, 0.25) is 5.02 Å². The highest BCUT2D eigenvalue weighted by Gasteiger charge is 2.27. The van der Waals surface area contributed by atoms with E-state index in [1.54, 1.807) is 12.1 Å². The summed E-state index contributed by atoms with van der Waals surface area (Å²) >= 11 is 6.01. The van der Waals surface area contributed by atoms with E-state index in [1.807, 2.05) is 0 Å². The largest absolute Gasteiger partial charge is 0.478 e. The van der Waals surface area contributed by atoms with E-state index in [-0.39, 0.29) is 44.6 Å². The Balaban J connectivity index is 1.93. The Morgan fingerprint density at radius 3 is 2.32 bits per heavy atom. The summed E-state index contributed by atoms with van der Waals surface area (Å²) in [5.74, 6) is -1.88. The first-order valence-corrected chi connectivity index (χ1v) is 10.7. The molecule has 0 aliphatic carbocycles. The van der Waals surface area contributed by atoms with Crippen molar-refractivity contribution in [1.29, 1.82) is 0 Å². The lowest BCUT2D eigenvalue weighted by molar-refractivity contribution is -0.384. The smallest absolute Gasteiger partial charge is 0.387 e. The van der Waals surface area contributed by atoms with Gasteiger partial charge < -0.3 is 14.3 Å². The number of hydrogen-bond donors (Lipinski definition) is 1. The molecule has 0 aliphatic rings. The molecule has 0 aliphatic heterocycles. The Morgan fingerprint density at radius 2 is 1.73 bits per heavy atom. The van der Waals surface area contributed by atoms with E-state index in [1.165, 1.54) is 36.4 Å². The highest BCUT2D eigenvalue weighted by atomic mass is 35.5. The predicted molar refractivity (Wildman–Crippen MR) is 128 cm³/mol. The number of nitro benzene ring substituents is 1. The van der Waals surface area contributed by atoms with Crippen molar-refractivity contribution in [2.24, 2.45) is 0 Å². The molecule has 0 bridgehead atoms. The van der Waals surface area contributed by atoms with Crippen LogP contribution in [-0.4, -0.2) is 32.4 Å². The molecule has 186 valence electrons. The van der Waals surface area contributed by atoms with E-state index in [2.05, 4.69) is 9.84 Å². The van der Waals surface area contributed by atoms with E-state index in [0.717, 1.165) is 16.8 Å². The molecule has 0 saturated heterocycles. The molecule has 0 unspecified atom stereocenters. The number of aromatic nitrogens is 2. The summed E-state index contributed by atoms with van der Waals surface area (Å²) in [6, 6.07) is 13.2. The number of alkyl halides is 2. The van der Waals surface area contributed by atoms with Crippen LogP contribution in [0, 0.1) is 10.1 Å². The molecule has 37 heavy (non-hydrogen) atoms. The fourth-order valence-corrected chi connectivity index (χ4v) is 4.04. The predicted octanol–water partition coefficient (Wildman–Crippen LogP) is 5.66. The van der Waals surface area contributed by atoms with Crippen LogP contribution >= 0.6 is 11.6 Å². The molecule has 0 radical (unpaired) electrons. The number of furan rings is 1. The number of hydrogen-bond acceptors (Lipinski definition) is 7. The zero-order valence-electron chi connectivity index (χ0n) is 18.2.